The van der Waals surface area contributed by atoms with Gasteiger partial charge in [-0.1, -0.05) is 12.1 Å². The van der Waals surface area contributed by atoms with Crippen molar-refractivity contribution in [2.45, 2.75) is 6.61 Å². The number of nitrogens with two attached hydrogens (primary N) is 1. The van der Waals surface area contributed by atoms with Crippen molar-refractivity contribution < 1.29 is 14.7 Å². The Morgan fingerprint density at radius 3 is 2.33 bits per heavy atom. The Labute approximate surface area is 70.8 Å². The van der Waals surface area contributed by atoms with E-state index < -0.39 is 7.32 Å². The first kappa shape index (κ1) is 9.06. The van der Waals surface area contributed by atoms with Gasteiger partial charge < -0.3 is 20.4 Å². The van der Waals surface area contributed by atoms with Gasteiger partial charge in [0, 0.05) is 5.69 Å². The van der Waals surface area contributed by atoms with Gasteiger partial charge in [-0.3, -0.25) is 0 Å². The number of benzene rings is 1. The maximum atomic E-state index is 8.38. The van der Waals surface area contributed by atoms with Crippen LogP contribution in [0.3, 0.4) is 0 Å². The zero-order valence-corrected chi connectivity index (χ0v) is 6.47. The second-order valence-corrected chi connectivity index (χ2v) is 2.38. The summed E-state index contributed by atoms with van der Waals surface area (Å²) >= 11 is 0. The number of anilines is 1. The Hall–Kier alpha value is -1.04. The summed E-state index contributed by atoms with van der Waals surface area (Å²) in [5.74, 6) is 0. The van der Waals surface area contributed by atoms with E-state index in [1.165, 1.54) is 0 Å². The maximum Gasteiger partial charge on any atom is 0.634 e. The normalized spacial score (nSPS) is 9.83. The minimum Gasteiger partial charge on any atom is -0.402 e. The molecule has 0 heterocycles. The summed E-state index contributed by atoms with van der Waals surface area (Å²) in [6.45, 7) is 0.165. The molecule has 0 bridgehead atoms. The molecule has 1 aromatic rings. The van der Waals surface area contributed by atoms with E-state index in [4.69, 9.17) is 15.8 Å². The van der Waals surface area contributed by atoms with Crippen LogP contribution >= 0.6 is 0 Å². The lowest BCUT2D eigenvalue weighted by Crippen LogP contribution is -2.16. The average Bonchev–Trinajstić information content (AvgIpc) is 2.03. The lowest BCUT2D eigenvalue weighted by molar-refractivity contribution is 0.177. The van der Waals surface area contributed by atoms with Crippen molar-refractivity contribution in [2.24, 2.45) is 0 Å². The molecule has 12 heavy (non-hydrogen) atoms. The fourth-order valence-corrected chi connectivity index (χ4v) is 0.785. The maximum absolute atomic E-state index is 8.38. The molecule has 0 aliphatic carbocycles. The van der Waals surface area contributed by atoms with E-state index >= 15 is 0 Å². The van der Waals surface area contributed by atoms with Gasteiger partial charge in [-0.05, 0) is 17.7 Å². The molecular weight excluding hydrogens is 157 g/mol. The third kappa shape index (κ3) is 2.92. The Balaban J connectivity index is 2.48. The molecule has 0 unspecified atom stereocenters. The summed E-state index contributed by atoms with van der Waals surface area (Å²) in [5, 5.41) is 16.8. The lowest BCUT2D eigenvalue weighted by Gasteiger charge is -2.02. The largest absolute Gasteiger partial charge is 0.634 e. The van der Waals surface area contributed by atoms with Crippen LogP contribution in [0, 0.1) is 0 Å². The molecule has 0 amide bonds. The first-order valence-corrected chi connectivity index (χ1v) is 3.50. The molecule has 1 aromatic carbocycles. The molecule has 4 nitrogen and oxygen atoms in total. The molecule has 0 saturated heterocycles. The monoisotopic (exact) mass is 167 g/mol. The summed E-state index contributed by atoms with van der Waals surface area (Å²) in [6.07, 6.45) is 0. The van der Waals surface area contributed by atoms with E-state index in [-0.39, 0.29) is 6.61 Å². The van der Waals surface area contributed by atoms with Gasteiger partial charge in [-0.25, -0.2) is 0 Å². The van der Waals surface area contributed by atoms with Gasteiger partial charge in [-0.2, -0.15) is 0 Å². The molecule has 0 spiro atoms. The summed E-state index contributed by atoms with van der Waals surface area (Å²) in [6, 6.07) is 6.97. The van der Waals surface area contributed by atoms with Crippen LogP contribution in [0.25, 0.3) is 0 Å². The topological polar surface area (TPSA) is 75.7 Å². The van der Waals surface area contributed by atoms with Crippen molar-refractivity contribution in [3.63, 3.8) is 0 Å². The highest BCUT2D eigenvalue weighted by atomic mass is 16.6. The quantitative estimate of drug-likeness (QED) is 0.428. The summed E-state index contributed by atoms with van der Waals surface area (Å²) < 4.78 is 4.54. The van der Waals surface area contributed by atoms with Gasteiger partial charge in [0.1, 0.15) is 0 Å². The van der Waals surface area contributed by atoms with E-state index in [1.54, 1.807) is 24.3 Å². The minimum absolute atomic E-state index is 0.165. The van der Waals surface area contributed by atoms with Crippen molar-refractivity contribution in [3.8, 4) is 0 Å². The van der Waals surface area contributed by atoms with Crippen LogP contribution in [0.15, 0.2) is 24.3 Å². The van der Waals surface area contributed by atoms with Gasteiger partial charge in [0.2, 0.25) is 0 Å². The average molecular weight is 167 g/mol. The van der Waals surface area contributed by atoms with Crippen molar-refractivity contribution in [1.29, 1.82) is 0 Å². The molecule has 64 valence electrons. The standard InChI is InChI=1S/C7H10BNO3/c9-7-3-1-6(2-4-7)5-12-8(10)11/h1-4,10-11H,5,9H2. The predicted molar refractivity (Wildman–Crippen MR) is 45.8 cm³/mol. The first-order valence-electron chi connectivity index (χ1n) is 3.50. The third-order valence-electron chi connectivity index (χ3n) is 1.38. The molecule has 0 saturated carbocycles. The fraction of sp³-hybridized carbons (Fsp3) is 0.143. The number of nitrogen functional groups attached to an aromatic ring is 1. The van der Waals surface area contributed by atoms with Crippen LogP contribution in [0.1, 0.15) is 5.56 Å². The van der Waals surface area contributed by atoms with Crippen LogP contribution in [-0.2, 0) is 11.3 Å². The van der Waals surface area contributed by atoms with Crippen molar-refractivity contribution in [1.82, 2.24) is 0 Å². The van der Waals surface area contributed by atoms with Gasteiger partial charge in [0.05, 0.1) is 6.61 Å². The van der Waals surface area contributed by atoms with Gasteiger partial charge in [0.25, 0.3) is 0 Å². The van der Waals surface area contributed by atoms with Crippen LogP contribution in [0.2, 0.25) is 0 Å². The highest BCUT2D eigenvalue weighted by Crippen LogP contribution is 2.06. The zero-order chi connectivity index (χ0) is 8.97. The van der Waals surface area contributed by atoms with Crippen molar-refractivity contribution >= 4 is 13.0 Å². The van der Waals surface area contributed by atoms with Crippen LogP contribution in [0.5, 0.6) is 0 Å². The zero-order valence-electron chi connectivity index (χ0n) is 6.47. The van der Waals surface area contributed by atoms with Crippen molar-refractivity contribution in [2.75, 3.05) is 5.73 Å². The molecule has 0 radical (unpaired) electrons. The van der Waals surface area contributed by atoms with E-state index in [1.807, 2.05) is 0 Å². The van der Waals surface area contributed by atoms with Crippen LogP contribution in [-0.4, -0.2) is 17.4 Å². The molecule has 1 rings (SSSR count). The fourth-order valence-electron chi connectivity index (χ4n) is 0.785. The molecule has 5 heteroatoms. The molecule has 0 aliphatic heterocycles. The Kier molecular flexibility index (Phi) is 3.10. The molecule has 0 aliphatic rings. The summed E-state index contributed by atoms with van der Waals surface area (Å²) in [4.78, 5) is 0. The van der Waals surface area contributed by atoms with E-state index in [0.717, 1.165) is 5.56 Å². The summed E-state index contributed by atoms with van der Waals surface area (Å²) in [5.41, 5.74) is 6.96. The Morgan fingerprint density at radius 2 is 1.83 bits per heavy atom. The SMILES string of the molecule is Nc1ccc(COB(O)O)cc1. The Bertz CT molecular complexity index is 237. The van der Waals surface area contributed by atoms with Gasteiger partial charge >= 0.3 is 7.32 Å². The van der Waals surface area contributed by atoms with Crippen molar-refractivity contribution in [3.05, 3.63) is 29.8 Å². The van der Waals surface area contributed by atoms with Crippen LogP contribution in [0.4, 0.5) is 5.69 Å². The van der Waals surface area contributed by atoms with Gasteiger partial charge in [0.15, 0.2) is 0 Å². The second kappa shape index (κ2) is 4.11. The number of hydrogen-bond donors (Lipinski definition) is 3. The lowest BCUT2D eigenvalue weighted by atomic mass is 10.2. The highest BCUT2D eigenvalue weighted by Gasteiger charge is 2.07. The molecule has 0 atom stereocenters. The molecule has 0 fully saturated rings. The second-order valence-electron chi connectivity index (χ2n) is 2.38. The van der Waals surface area contributed by atoms with E-state index in [0.29, 0.717) is 5.69 Å². The van der Waals surface area contributed by atoms with Gasteiger partial charge in [-0.15, -0.1) is 0 Å². The molecule has 0 aromatic heterocycles. The Morgan fingerprint density at radius 1 is 1.25 bits per heavy atom. The van der Waals surface area contributed by atoms with Crippen LogP contribution < -0.4 is 5.73 Å². The molecular formula is C7H10BNO3. The van der Waals surface area contributed by atoms with E-state index in [9.17, 15) is 0 Å². The first-order chi connectivity index (χ1) is 5.68. The van der Waals surface area contributed by atoms with E-state index in [2.05, 4.69) is 4.65 Å². The minimum atomic E-state index is -1.72. The third-order valence-corrected chi connectivity index (χ3v) is 1.38. The predicted octanol–water partition coefficient (Wildman–Crippen LogP) is -0.245. The molecule has 4 N–H and O–H groups in total. The number of hydrogen-bond acceptors (Lipinski definition) is 4. The smallest absolute Gasteiger partial charge is 0.402 e. The highest BCUT2D eigenvalue weighted by molar-refractivity contribution is 6.32. The summed E-state index contributed by atoms with van der Waals surface area (Å²) in [7, 11) is -1.72. The number of rotatable bonds is 3.